The van der Waals surface area contributed by atoms with E-state index in [2.05, 4.69) is 5.32 Å². The minimum Gasteiger partial charge on any atom is -0.394 e. The molecule has 0 amide bonds. The first kappa shape index (κ1) is 12.6. The van der Waals surface area contributed by atoms with E-state index < -0.39 is 0 Å². The fourth-order valence-electron chi connectivity index (χ4n) is 2.25. The zero-order valence-corrected chi connectivity index (χ0v) is 10.1. The predicted molar refractivity (Wildman–Crippen MR) is 67.8 cm³/mol. The normalized spacial score (nSPS) is 22.3. The van der Waals surface area contributed by atoms with Gasteiger partial charge in [-0.25, -0.2) is 0 Å². The number of aliphatic hydroxyl groups is 1. The molecule has 2 unspecified atom stereocenters. The van der Waals surface area contributed by atoms with E-state index >= 15 is 0 Å². The summed E-state index contributed by atoms with van der Waals surface area (Å²) in [5.74, 6) is 0.585. The van der Waals surface area contributed by atoms with Crippen molar-refractivity contribution in [1.82, 2.24) is 5.32 Å². The van der Waals surface area contributed by atoms with Crippen molar-refractivity contribution in [3.63, 3.8) is 0 Å². The number of ether oxygens (including phenoxy) is 1. The van der Waals surface area contributed by atoms with Crippen LogP contribution in [-0.2, 0) is 4.74 Å². The third-order valence-corrected chi connectivity index (χ3v) is 3.29. The largest absolute Gasteiger partial charge is 0.394 e. The summed E-state index contributed by atoms with van der Waals surface area (Å²) < 4.78 is 5.45. The van der Waals surface area contributed by atoms with Crippen molar-refractivity contribution >= 4 is 0 Å². The highest BCUT2D eigenvalue weighted by Crippen LogP contribution is 2.16. The molecule has 3 heteroatoms. The van der Waals surface area contributed by atoms with Gasteiger partial charge in [-0.2, -0.15) is 0 Å². The maximum Gasteiger partial charge on any atom is 0.0626 e. The van der Waals surface area contributed by atoms with Gasteiger partial charge < -0.3 is 15.2 Å². The minimum atomic E-state index is 0.0399. The van der Waals surface area contributed by atoms with Crippen LogP contribution < -0.4 is 5.32 Å². The van der Waals surface area contributed by atoms with Crippen LogP contribution in [0.3, 0.4) is 0 Å². The molecule has 3 nitrogen and oxygen atoms in total. The molecule has 2 N–H and O–H groups in total. The second-order valence-corrected chi connectivity index (χ2v) is 4.64. The van der Waals surface area contributed by atoms with Crippen LogP contribution in [0.2, 0.25) is 0 Å². The van der Waals surface area contributed by atoms with Crippen LogP contribution in [0.15, 0.2) is 30.3 Å². The van der Waals surface area contributed by atoms with Crippen molar-refractivity contribution in [3.05, 3.63) is 35.9 Å². The topological polar surface area (TPSA) is 41.5 Å². The van der Waals surface area contributed by atoms with Gasteiger partial charge in [-0.1, -0.05) is 30.3 Å². The molecule has 1 aromatic carbocycles. The summed E-state index contributed by atoms with van der Waals surface area (Å²) in [5, 5.41) is 12.8. The molecule has 1 fully saturated rings. The quantitative estimate of drug-likeness (QED) is 0.816. The average molecular weight is 235 g/mol. The Labute approximate surface area is 103 Å². The van der Waals surface area contributed by atoms with Gasteiger partial charge in [0.1, 0.15) is 0 Å². The van der Waals surface area contributed by atoms with Gasteiger partial charge in [0.2, 0.25) is 0 Å². The number of hydrogen-bond donors (Lipinski definition) is 2. The maximum absolute atomic E-state index is 9.42. The molecule has 2 rings (SSSR count). The third-order valence-electron chi connectivity index (χ3n) is 3.29. The smallest absolute Gasteiger partial charge is 0.0626 e. The summed E-state index contributed by atoms with van der Waals surface area (Å²) >= 11 is 0. The lowest BCUT2D eigenvalue weighted by atomic mass is 10.0. The number of benzene rings is 1. The molecule has 0 aromatic heterocycles. The zero-order chi connectivity index (χ0) is 11.9. The second-order valence-electron chi connectivity index (χ2n) is 4.64. The molecule has 94 valence electrons. The van der Waals surface area contributed by atoms with Crippen molar-refractivity contribution in [2.75, 3.05) is 26.4 Å². The van der Waals surface area contributed by atoms with E-state index in [1.165, 1.54) is 6.42 Å². The van der Waals surface area contributed by atoms with Gasteiger partial charge in [0.25, 0.3) is 0 Å². The standard InChI is InChI=1S/C14H21NO2/c16-10-14(13-6-2-1-3-7-13)15-9-12-5-4-8-17-11-12/h1-3,6-7,12,14-16H,4-5,8-11H2. The molecular formula is C14H21NO2. The van der Waals surface area contributed by atoms with E-state index in [4.69, 9.17) is 4.74 Å². The Balaban J connectivity index is 1.83. The van der Waals surface area contributed by atoms with E-state index in [1.807, 2.05) is 30.3 Å². The summed E-state index contributed by atoms with van der Waals surface area (Å²) in [6.45, 7) is 2.80. The van der Waals surface area contributed by atoms with Crippen LogP contribution in [0, 0.1) is 5.92 Å². The van der Waals surface area contributed by atoms with Gasteiger partial charge in [0, 0.05) is 13.2 Å². The number of aliphatic hydroxyl groups excluding tert-OH is 1. The van der Waals surface area contributed by atoms with Crippen molar-refractivity contribution in [1.29, 1.82) is 0 Å². The number of nitrogens with one attached hydrogen (secondary N) is 1. The second kappa shape index (κ2) is 6.74. The van der Waals surface area contributed by atoms with Crippen molar-refractivity contribution in [2.24, 2.45) is 5.92 Å². The first-order chi connectivity index (χ1) is 8.40. The Morgan fingerprint density at radius 3 is 2.82 bits per heavy atom. The van der Waals surface area contributed by atoms with Gasteiger partial charge in [0.05, 0.1) is 19.3 Å². The Morgan fingerprint density at radius 2 is 2.18 bits per heavy atom. The predicted octanol–water partition coefficient (Wildman–Crippen LogP) is 1.74. The Kier molecular flexibility index (Phi) is 4.98. The Hall–Kier alpha value is -0.900. The summed E-state index contributed by atoms with van der Waals surface area (Å²) in [7, 11) is 0. The highest BCUT2D eigenvalue weighted by atomic mass is 16.5. The molecular weight excluding hydrogens is 214 g/mol. The van der Waals surface area contributed by atoms with Crippen LogP contribution in [0.5, 0.6) is 0 Å². The molecule has 17 heavy (non-hydrogen) atoms. The number of hydrogen-bond acceptors (Lipinski definition) is 3. The summed E-state index contributed by atoms with van der Waals surface area (Å²) in [4.78, 5) is 0. The monoisotopic (exact) mass is 235 g/mol. The molecule has 0 bridgehead atoms. The van der Waals surface area contributed by atoms with Crippen molar-refractivity contribution in [3.8, 4) is 0 Å². The maximum atomic E-state index is 9.42. The molecule has 2 atom stereocenters. The van der Waals surface area contributed by atoms with Crippen LogP contribution in [0.25, 0.3) is 0 Å². The van der Waals surface area contributed by atoms with Gasteiger partial charge >= 0.3 is 0 Å². The highest BCUT2D eigenvalue weighted by molar-refractivity contribution is 5.18. The van der Waals surface area contributed by atoms with Gasteiger partial charge in [-0.15, -0.1) is 0 Å². The molecule has 0 spiro atoms. The van der Waals surface area contributed by atoms with E-state index in [1.54, 1.807) is 0 Å². The van der Waals surface area contributed by atoms with Crippen LogP contribution in [0.1, 0.15) is 24.4 Å². The molecule has 0 aliphatic carbocycles. The molecule has 1 saturated heterocycles. The summed E-state index contributed by atoms with van der Waals surface area (Å²) in [6, 6.07) is 10.1. The van der Waals surface area contributed by atoms with Crippen LogP contribution >= 0.6 is 0 Å². The SMILES string of the molecule is OCC(NCC1CCCOC1)c1ccccc1. The summed E-state index contributed by atoms with van der Waals surface area (Å²) in [5.41, 5.74) is 1.15. The Bertz CT molecular complexity index is 309. The van der Waals surface area contributed by atoms with Gasteiger partial charge in [-0.3, -0.25) is 0 Å². The highest BCUT2D eigenvalue weighted by Gasteiger charge is 2.16. The molecule has 0 radical (unpaired) electrons. The lowest BCUT2D eigenvalue weighted by molar-refractivity contribution is 0.0527. The molecule has 1 aliphatic rings. The van der Waals surface area contributed by atoms with E-state index in [9.17, 15) is 5.11 Å². The van der Waals surface area contributed by atoms with E-state index in [0.29, 0.717) is 5.92 Å². The summed E-state index contributed by atoms with van der Waals surface area (Å²) in [6.07, 6.45) is 2.38. The zero-order valence-electron chi connectivity index (χ0n) is 10.1. The average Bonchev–Trinajstić information content (AvgIpc) is 2.42. The van der Waals surface area contributed by atoms with Crippen LogP contribution in [-0.4, -0.2) is 31.5 Å². The lowest BCUT2D eigenvalue weighted by Crippen LogP contribution is -2.33. The van der Waals surface area contributed by atoms with E-state index in [-0.39, 0.29) is 12.6 Å². The molecule has 0 saturated carbocycles. The first-order valence-electron chi connectivity index (χ1n) is 6.37. The minimum absolute atomic E-state index is 0.0399. The van der Waals surface area contributed by atoms with Gasteiger partial charge in [-0.05, 0) is 24.3 Å². The molecule has 1 heterocycles. The molecule has 1 aliphatic heterocycles. The van der Waals surface area contributed by atoms with Crippen molar-refractivity contribution in [2.45, 2.75) is 18.9 Å². The third kappa shape index (κ3) is 3.80. The van der Waals surface area contributed by atoms with Crippen LogP contribution in [0.4, 0.5) is 0 Å². The van der Waals surface area contributed by atoms with Gasteiger partial charge in [0.15, 0.2) is 0 Å². The van der Waals surface area contributed by atoms with E-state index in [0.717, 1.165) is 31.7 Å². The Morgan fingerprint density at radius 1 is 1.35 bits per heavy atom. The molecule has 1 aromatic rings. The fraction of sp³-hybridized carbons (Fsp3) is 0.571. The number of rotatable bonds is 5. The van der Waals surface area contributed by atoms with Crippen molar-refractivity contribution < 1.29 is 9.84 Å². The lowest BCUT2D eigenvalue weighted by Gasteiger charge is -2.25. The fourth-order valence-corrected chi connectivity index (χ4v) is 2.25. The first-order valence-corrected chi connectivity index (χ1v) is 6.37.